The van der Waals surface area contributed by atoms with Crippen LogP contribution in [0.25, 0.3) is 0 Å². The fraction of sp³-hybridized carbons (Fsp3) is 0.591. The summed E-state index contributed by atoms with van der Waals surface area (Å²) in [7, 11) is -1.33. The Morgan fingerprint density at radius 3 is 2.48 bits per heavy atom. The Morgan fingerprint density at radius 2 is 1.83 bits per heavy atom. The molecule has 0 amide bonds. The summed E-state index contributed by atoms with van der Waals surface area (Å²) < 4.78 is 27.8. The van der Waals surface area contributed by atoms with Crippen molar-refractivity contribution in [1.82, 2.24) is 19.4 Å². The zero-order chi connectivity index (χ0) is 20.9. The summed E-state index contributed by atoms with van der Waals surface area (Å²) in [5.41, 5.74) is 2.02. The SMILES string of the molecule is CC(C)CS(=O)(=O)c1ncc(CN(C)CCN2CCCC2)n1Cc1ccccc1. The average Bonchev–Trinajstić information content (AvgIpc) is 3.31. The zero-order valence-corrected chi connectivity index (χ0v) is 18.7. The van der Waals surface area contributed by atoms with Gasteiger partial charge < -0.3 is 9.47 Å². The Labute approximate surface area is 175 Å². The van der Waals surface area contributed by atoms with Crippen LogP contribution in [0.4, 0.5) is 0 Å². The Kier molecular flexibility index (Phi) is 7.49. The van der Waals surface area contributed by atoms with Crippen LogP contribution in [0.5, 0.6) is 0 Å². The number of benzene rings is 1. The van der Waals surface area contributed by atoms with E-state index in [9.17, 15) is 8.42 Å². The number of aromatic nitrogens is 2. The first-order chi connectivity index (χ1) is 13.8. The number of hydrogen-bond acceptors (Lipinski definition) is 5. The Hall–Kier alpha value is -1.70. The maximum atomic E-state index is 12.9. The van der Waals surface area contributed by atoms with E-state index in [-0.39, 0.29) is 16.8 Å². The van der Waals surface area contributed by atoms with Crippen molar-refractivity contribution in [2.24, 2.45) is 5.92 Å². The quantitative estimate of drug-likeness (QED) is 0.594. The fourth-order valence-corrected chi connectivity index (χ4v) is 5.65. The minimum absolute atomic E-state index is 0.0634. The molecule has 0 unspecified atom stereocenters. The van der Waals surface area contributed by atoms with Gasteiger partial charge in [0, 0.05) is 19.6 Å². The Morgan fingerprint density at radius 1 is 1.14 bits per heavy atom. The molecule has 3 rings (SSSR count). The second kappa shape index (κ2) is 9.87. The summed E-state index contributed by atoms with van der Waals surface area (Å²) in [6.07, 6.45) is 4.33. The molecule has 0 saturated carbocycles. The molecular formula is C22H34N4O2S. The minimum atomic E-state index is -3.43. The van der Waals surface area contributed by atoms with Crippen LogP contribution in [0.15, 0.2) is 41.7 Å². The van der Waals surface area contributed by atoms with Crippen LogP contribution in [-0.2, 0) is 22.9 Å². The van der Waals surface area contributed by atoms with Gasteiger partial charge in [-0.15, -0.1) is 0 Å². The van der Waals surface area contributed by atoms with Gasteiger partial charge >= 0.3 is 0 Å². The largest absolute Gasteiger partial charge is 0.313 e. The van der Waals surface area contributed by atoms with Crippen molar-refractivity contribution < 1.29 is 8.42 Å². The van der Waals surface area contributed by atoms with Crippen LogP contribution in [0.1, 0.15) is 37.9 Å². The number of imidazole rings is 1. The topological polar surface area (TPSA) is 58.4 Å². The first-order valence-electron chi connectivity index (χ1n) is 10.6. The van der Waals surface area contributed by atoms with Gasteiger partial charge in [-0.05, 0) is 44.5 Å². The van der Waals surface area contributed by atoms with Crippen molar-refractivity contribution >= 4 is 9.84 Å². The van der Waals surface area contributed by atoms with E-state index in [0.29, 0.717) is 13.1 Å². The normalized spacial score (nSPS) is 15.6. The summed E-state index contributed by atoms with van der Waals surface area (Å²) in [6, 6.07) is 9.99. The van der Waals surface area contributed by atoms with Crippen LogP contribution >= 0.6 is 0 Å². The van der Waals surface area contributed by atoms with E-state index in [2.05, 4.69) is 21.8 Å². The van der Waals surface area contributed by atoms with Crippen molar-refractivity contribution in [3.8, 4) is 0 Å². The molecule has 1 aliphatic heterocycles. The van der Waals surface area contributed by atoms with Crippen LogP contribution in [0, 0.1) is 5.92 Å². The number of sulfone groups is 1. The van der Waals surface area contributed by atoms with Crippen LogP contribution in [-0.4, -0.2) is 66.7 Å². The van der Waals surface area contributed by atoms with Gasteiger partial charge in [-0.1, -0.05) is 44.2 Å². The maximum absolute atomic E-state index is 12.9. The van der Waals surface area contributed by atoms with Crippen molar-refractivity contribution in [2.45, 2.75) is 44.9 Å². The molecule has 0 radical (unpaired) electrons. The molecule has 2 heterocycles. The molecule has 7 heteroatoms. The molecule has 0 spiro atoms. The molecule has 29 heavy (non-hydrogen) atoms. The lowest BCUT2D eigenvalue weighted by atomic mass is 10.2. The van der Waals surface area contributed by atoms with Gasteiger partial charge in [0.1, 0.15) is 0 Å². The molecule has 0 bridgehead atoms. The predicted octanol–water partition coefficient (Wildman–Crippen LogP) is 2.89. The van der Waals surface area contributed by atoms with Gasteiger partial charge in [-0.3, -0.25) is 4.90 Å². The monoisotopic (exact) mass is 418 g/mol. The number of rotatable bonds is 10. The molecule has 1 fully saturated rings. The van der Waals surface area contributed by atoms with Crippen LogP contribution < -0.4 is 0 Å². The second-order valence-corrected chi connectivity index (χ2v) is 10.5. The van der Waals surface area contributed by atoms with Crippen LogP contribution in [0.3, 0.4) is 0 Å². The van der Waals surface area contributed by atoms with Gasteiger partial charge in [0.05, 0.1) is 24.2 Å². The van der Waals surface area contributed by atoms with E-state index in [0.717, 1.165) is 24.3 Å². The van der Waals surface area contributed by atoms with Gasteiger partial charge in [0.2, 0.25) is 15.0 Å². The highest BCUT2D eigenvalue weighted by Crippen LogP contribution is 2.19. The predicted molar refractivity (Wildman–Crippen MR) is 117 cm³/mol. The van der Waals surface area contributed by atoms with Crippen molar-refractivity contribution in [2.75, 3.05) is 39.0 Å². The van der Waals surface area contributed by atoms with Crippen LogP contribution in [0.2, 0.25) is 0 Å². The van der Waals surface area contributed by atoms with E-state index >= 15 is 0 Å². The molecule has 0 aliphatic carbocycles. The number of nitrogens with zero attached hydrogens (tertiary/aromatic N) is 4. The molecule has 160 valence electrons. The van der Waals surface area contributed by atoms with Gasteiger partial charge in [-0.2, -0.15) is 0 Å². The number of likely N-dealkylation sites (tertiary alicyclic amines) is 1. The Bertz CT molecular complexity index is 871. The fourth-order valence-electron chi connectivity index (χ4n) is 3.89. The lowest BCUT2D eigenvalue weighted by Gasteiger charge is -2.22. The van der Waals surface area contributed by atoms with E-state index in [1.165, 1.54) is 25.9 Å². The minimum Gasteiger partial charge on any atom is -0.313 e. The first-order valence-corrected chi connectivity index (χ1v) is 12.2. The molecule has 0 N–H and O–H groups in total. The van der Waals surface area contributed by atoms with Gasteiger partial charge in [0.25, 0.3) is 0 Å². The highest BCUT2D eigenvalue weighted by Gasteiger charge is 2.25. The summed E-state index contributed by atoms with van der Waals surface area (Å²) in [5.74, 6) is 0.178. The molecule has 0 atom stereocenters. The average molecular weight is 419 g/mol. The number of hydrogen-bond donors (Lipinski definition) is 0. The molecule has 1 aromatic heterocycles. The first kappa shape index (κ1) is 22.0. The highest BCUT2D eigenvalue weighted by atomic mass is 32.2. The summed E-state index contributed by atoms with van der Waals surface area (Å²) in [6.45, 7) is 9.46. The highest BCUT2D eigenvalue weighted by molar-refractivity contribution is 7.91. The molecule has 1 aromatic carbocycles. The third-order valence-electron chi connectivity index (χ3n) is 5.34. The second-order valence-electron chi connectivity index (χ2n) is 8.57. The third-order valence-corrected chi connectivity index (χ3v) is 7.33. The summed E-state index contributed by atoms with van der Waals surface area (Å²) >= 11 is 0. The Balaban J connectivity index is 1.79. The number of likely N-dealkylation sites (N-methyl/N-ethyl adjacent to an activating group) is 1. The smallest absolute Gasteiger partial charge is 0.228 e. The molecule has 1 saturated heterocycles. The summed E-state index contributed by atoms with van der Waals surface area (Å²) in [5, 5.41) is 0.193. The van der Waals surface area contributed by atoms with Gasteiger partial charge in [0.15, 0.2) is 0 Å². The van der Waals surface area contributed by atoms with E-state index in [1.807, 2.05) is 48.7 Å². The van der Waals surface area contributed by atoms with Crippen molar-refractivity contribution in [3.05, 3.63) is 47.8 Å². The van der Waals surface area contributed by atoms with Crippen molar-refractivity contribution in [3.63, 3.8) is 0 Å². The van der Waals surface area contributed by atoms with E-state index < -0.39 is 9.84 Å². The van der Waals surface area contributed by atoms with E-state index in [4.69, 9.17) is 0 Å². The maximum Gasteiger partial charge on any atom is 0.228 e. The summed E-state index contributed by atoms with van der Waals surface area (Å²) in [4.78, 5) is 9.12. The van der Waals surface area contributed by atoms with E-state index in [1.54, 1.807) is 6.20 Å². The molecule has 1 aliphatic rings. The third kappa shape index (κ3) is 6.14. The molecule has 6 nitrogen and oxygen atoms in total. The van der Waals surface area contributed by atoms with Crippen molar-refractivity contribution in [1.29, 1.82) is 0 Å². The lowest BCUT2D eigenvalue weighted by Crippen LogP contribution is -2.31. The zero-order valence-electron chi connectivity index (χ0n) is 17.9. The van der Waals surface area contributed by atoms with Gasteiger partial charge in [-0.25, -0.2) is 13.4 Å². The molecular weight excluding hydrogens is 384 g/mol. The lowest BCUT2D eigenvalue weighted by molar-refractivity contribution is 0.248. The standard InChI is InChI=1S/C22H34N4O2S/c1-19(2)18-29(27,28)22-23-15-21(26(22)16-20-9-5-4-6-10-20)17-24(3)13-14-25-11-7-8-12-25/h4-6,9-10,15,19H,7-8,11-14,16-18H2,1-3H3. The molecule has 2 aromatic rings.